The van der Waals surface area contributed by atoms with Crippen molar-refractivity contribution < 1.29 is 4.52 Å². The van der Waals surface area contributed by atoms with Crippen LogP contribution in [-0.2, 0) is 13.0 Å². The maximum atomic E-state index is 5.65. The summed E-state index contributed by atoms with van der Waals surface area (Å²) in [6.45, 7) is 9.82. The van der Waals surface area contributed by atoms with Crippen LogP contribution < -0.4 is 5.32 Å². The smallest absolute Gasteiger partial charge is 0.170 e. The first kappa shape index (κ1) is 27.3. The predicted molar refractivity (Wildman–Crippen MR) is 153 cm³/mol. The summed E-state index contributed by atoms with van der Waals surface area (Å²) in [6, 6.07) is 10.7. The Kier molecular flexibility index (Phi) is 9.75. The largest absolute Gasteiger partial charge is 0.356 e. The van der Waals surface area contributed by atoms with E-state index in [1.54, 1.807) is 0 Å². The van der Waals surface area contributed by atoms with Crippen LogP contribution in [0.15, 0.2) is 47.2 Å². The summed E-state index contributed by atoms with van der Waals surface area (Å²) >= 11 is 0. The van der Waals surface area contributed by atoms with Gasteiger partial charge in [-0.2, -0.15) is 0 Å². The molecule has 0 atom stereocenters. The minimum Gasteiger partial charge on any atom is -0.356 e. The molecule has 1 aliphatic carbocycles. The third kappa shape index (κ3) is 7.20. The van der Waals surface area contributed by atoms with Gasteiger partial charge in [-0.25, -0.2) is 4.98 Å². The van der Waals surface area contributed by atoms with Gasteiger partial charge in [0.05, 0.1) is 5.69 Å². The number of hydrogen-bond acceptors (Lipinski definition) is 5. The highest BCUT2D eigenvalue weighted by Crippen LogP contribution is 2.31. The van der Waals surface area contributed by atoms with E-state index in [2.05, 4.69) is 82.1 Å². The Bertz CT molecular complexity index is 1250. The molecule has 0 radical (unpaired) electrons. The number of aromatic nitrogens is 3. The van der Waals surface area contributed by atoms with Crippen molar-refractivity contribution in [3.8, 4) is 0 Å². The number of rotatable bonds is 6. The fraction of sp³-hybridized carbons (Fsp3) is 0.548. The molecule has 6 nitrogen and oxygen atoms in total. The highest BCUT2D eigenvalue weighted by atomic mass is 16.5. The van der Waals surface area contributed by atoms with Crippen molar-refractivity contribution in [2.75, 3.05) is 27.2 Å². The summed E-state index contributed by atoms with van der Waals surface area (Å²) in [5, 5.41) is 8.33. The van der Waals surface area contributed by atoms with Gasteiger partial charge in [0, 0.05) is 30.0 Å². The molecule has 200 valence electrons. The molecule has 37 heavy (non-hydrogen) atoms. The summed E-state index contributed by atoms with van der Waals surface area (Å²) in [4.78, 5) is 6.97. The quantitative estimate of drug-likeness (QED) is 0.322. The summed E-state index contributed by atoms with van der Waals surface area (Å²) in [5.74, 6) is 1.91. The second kappa shape index (κ2) is 13.2. The number of pyridine rings is 1. The number of benzene rings is 1. The number of fused-ring (bicyclic) bond motifs is 2. The van der Waals surface area contributed by atoms with Crippen molar-refractivity contribution in [1.82, 2.24) is 24.8 Å². The molecular weight excluding hydrogens is 458 g/mol. The average molecular weight is 504 g/mol. The predicted octanol–water partition coefficient (Wildman–Crippen LogP) is 6.58. The molecule has 1 saturated heterocycles. The summed E-state index contributed by atoms with van der Waals surface area (Å²) < 4.78 is 7.85. The van der Waals surface area contributed by atoms with E-state index in [0.717, 1.165) is 54.8 Å². The van der Waals surface area contributed by atoms with Crippen molar-refractivity contribution in [2.24, 2.45) is 11.8 Å². The van der Waals surface area contributed by atoms with E-state index in [1.807, 2.05) is 20.3 Å². The molecule has 1 N–H and O–H groups in total. The first-order chi connectivity index (χ1) is 18.0. The molecular formula is C31H45N5O. The third-order valence-corrected chi connectivity index (χ3v) is 7.90. The molecule has 1 saturated carbocycles. The Hall–Kier alpha value is -2.70. The molecule has 3 aromatic heterocycles. The number of nitrogens with zero attached hydrogens (tertiary/aromatic N) is 4. The number of hydrogen-bond donors (Lipinski definition) is 1. The Balaban J connectivity index is 0.000000347. The second-order valence-corrected chi connectivity index (χ2v) is 10.8. The first-order valence-corrected chi connectivity index (χ1v) is 14.1. The maximum absolute atomic E-state index is 5.65. The normalized spacial score (nSPS) is 16.4. The monoisotopic (exact) mass is 503 g/mol. The van der Waals surface area contributed by atoms with Gasteiger partial charge in [-0.3, -0.25) is 4.90 Å². The number of piperidine rings is 1. The van der Waals surface area contributed by atoms with E-state index in [-0.39, 0.29) is 0 Å². The van der Waals surface area contributed by atoms with E-state index in [1.165, 1.54) is 60.7 Å². The Morgan fingerprint density at radius 2 is 1.76 bits per heavy atom. The molecule has 2 aliphatic rings. The van der Waals surface area contributed by atoms with Crippen LogP contribution in [0.5, 0.6) is 0 Å². The van der Waals surface area contributed by atoms with Gasteiger partial charge in [0.25, 0.3) is 0 Å². The lowest BCUT2D eigenvalue weighted by Gasteiger charge is -2.32. The topological polar surface area (TPSA) is 58.6 Å². The summed E-state index contributed by atoms with van der Waals surface area (Å²) in [7, 11) is 3.75. The van der Waals surface area contributed by atoms with Crippen molar-refractivity contribution >= 4 is 16.6 Å². The minimum absolute atomic E-state index is 0.772. The molecule has 4 heterocycles. The zero-order valence-corrected chi connectivity index (χ0v) is 23.5. The lowest BCUT2D eigenvalue weighted by atomic mass is 9.91. The van der Waals surface area contributed by atoms with Gasteiger partial charge in [-0.15, -0.1) is 0 Å². The average Bonchev–Trinajstić information content (AvgIpc) is 3.47. The van der Waals surface area contributed by atoms with E-state index < -0.39 is 0 Å². The zero-order valence-electron chi connectivity index (χ0n) is 23.5. The SMILES string of the molecule is CCC1CC1.CNC.Cc1ccc2c(CCC3CCN(Cc4cccc5nccn45)CC3)noc2c1C. The number of likely N-dealkylation sites (tertiary alicyclic amines) is 1. The number of nitrogens with one attached hydrogen (secondary N) is 1. The van der Waals surface area contributed by atoms with Gasteiger partial charge in [0.15, 0.2) is 5.58 Å². The van der Waals surface area contributed by atoms with Crippen LogP contribution >= 0.6 is 0 Å². The highest BCUT2D eigenvalue weighted by molar-refractivity contribution is 5.83. The van der Waals surface area contributed by atoms with Crippen molar-refractivity contribution in [3.05, 3.63) is 65.2 Å². The zero-order chi connectivity index (χ0) is 26.2. The van der Waals surface area contributed by atoms with Crippen LogP contribution in [0.2, 0.25) is 0 Å². The number of imidazole rings is 1. The lowest BCUT2D eigenvalue weighted by Crippen LogP contribution is -2.33. The van der Waals surface area contributed by atoms with Gasteiger partial charge < -0.3 is 14.2 Å². The molecule has 6 heteroatoms. The van der Waals surface area contributed by atoms with E-state index in [9.17, 15) is 0 Å². The van der Waals surface area contributed by atoms with Crippen molar-refractivity contribution in [2.45, 2.75) is 72.3 Å². The summed E-state index contributed by atoms with van der Waals surface area (Å²) in [5.41, 5.74) is 6.91. The molecule has 0 spiro atoms. The van der Waals surface area contributed by atoms with Crippen LogP contribution in [0.3, 0.4) is 0 Å². The standard InChI is InChI=1S/C24H28N4O.C5H10.C2H7N/c1-17-6-8-21-22(26-29-24(21)18(17)2)9-7-19-10-13-27(14-11-19)16-20-4-3-5-23-25-12-15-28(20)23;1-2-5-3-4-5;1-3-2/h3-6,8,12,15,19H,7,9-11,13-14,16H2,1-2H3;5H,2-4H2,1H3;3H,1-2H3. The highest BCUT2D eigenvalue weighted by Gasteiger charge is 2.21. The fourth-order valence-electron chi connectivity index (χ4n) is 5.13. The molecule has 0 unspecified atom stereocenters. The molecule has 0 amide bonds. The molecule has 6 rings (SSSR count). The molecule has 1 aromatic carbocycles. The maximum Gasteiger partial charge on any atom is 0.170 e. The van der Waals surface area contributed by atoms with E-state index in [4.69, 9.17) is 4.52 Å². The van der Waals surface area contributed by atoms with E-state index in [0.29, 0.717) is 0 Å². The van der Waals surface area contributed by atoms with Gasteiger partial charge in [-0.1, -0.05) is 43.5 Å². The van der Waals surface area contributed by atoms with Gasteiger partial charge in [0.2, 0.25) is 0 Å². The Labute approximate surface area is 222 Å². The van der Waals surface area contributed by atoms with Crippen LogP contribution in [0.25, 0.3) is 16.6 Å². The van der Waals surface area contributed by atoms with Crippen LogP contribution in [0.1, 0.15) is 68.0 Å². The van der Waals surface area contributed by atoms with Crippen LogP contribution in [-0.4, -0.2) is 46.6 Å². The third-order valence-electron chi connectivity index (χ3n) is 7.90. The molecule has 0 bridgehead atoms. The second-order valence-electron chi connectivity index (χ2n) is 10.8. The minimum atomic E-state index is 0.772. The van der Waals surface area contributed by atoms with Crippen molar-refractivity contribution in [3.63, 3.8) is 0 Å². The molecule has 2 fully saturated rings. The summed E-state index contributed by atoms with van der Waals surface area (Å²) in [6.07, 6.45) is 13.1. The van der Waals surface area contributed by atoms with Gasteiger partial charge >= 0.3 is 0 Å². The number of aryl methyl sites for hydroxylation is 3. The lowest BCUT2D eigenvalue weighted by molar-refractivity contribution is 0.170. The van der Waals surface area contributed by atoms with Crippen LogP contribution in [0.4, 0.5) is 0 Å². The molecule has 4 aromatic rings. The Morgan fingerprint density at radius 1 is 1.00 bits per heavy atom. The van der Waals surface area contributed by atoms with Gasteiger partial charge in [0.1, 0.15) is 5.65 Å². The van der Waals surface area contributed by atoms with Crippen molar-refractivity contribution in [1.29, 1.82) is 0 Å². The first-order valence-electron chi connectivity index (χ1n) is 14.1. The van der Waals surface area contributed by atoms with Gasteiger partial charge in [-0.05, 0) is 108 Å². The fourth-order valence-corrected chi connectivity index (χ4v) is 5.13. The van der Waals surface area contributed by atoms with E-state index >= 15 is 0 Å². The Morgan fingerprint density at radius 3 is 2.43 bits per heavy atom. The van der Waals surface area contributed by atoms with Crippen LogP contribution in [0, 0.1) is 25.7 Å². The molecule has 1 aliphatic heterocycles.